The molecular weight excluding hydrogens is 216 g/mol. The lowest BCUT2D eigenvalue weighted by molar-refractivity contribution is 0.331. The molecule has 0 aliphatic heterocycles. The highest BCUT2D eigenvalue weighted by molar-refractivity contribution is 5.47. The van der Waals surface area contributed by atoms with Crippen molar-refractivity contribution in [1.82, 2.24) is 0 Å². The molecule has 0 saturated carbocycles. The van der Waals surface area contributed by atoms with Gasteiger partial charge in [0.05, 0.1) is 0 Å². The second-order valence-corrected chi connectivity index (χ2v) is 7.08. The Labute approximate surface area is 112 Å². The number of allylic oxidation sites excluding steroid dienone is 1. The van der Waals surface area contributed by atoms with Gasteiger partial charge in [0.25, 0.3) is 0 Å². The Morgan fingerprint density at radius 3 is 2.06 bits per heavy atom. The van der Waals surface area contributed by atoms with Crippen LogP contribution in [0.15, 0.2) is 24.8 Å². The van der Waals surface area contributed by atoms with Gasteiger partial charge >= 0.3 is 0 Å². The molecule has 0 unspecified atom stereocenters. The van der Waals surface area contributed by atoms with Crippen LogP contribution in [0, 0.1) is 6.92 Å². The number of hydrogen-bond acceptors (Lipinski definition) is 0. The summed E-state index contributed by atoms with van der Waals surface area (Å²) in [5.74, 6) is 0. The van der Waals surface area contributed by atoms with Crippen LogP contribution in [0.4, 0.5) is 0 Å². The van der Waals surface area contributed by atoms with Crippen LogP contribution in [0.1, 0.15) is 62.8 Å². The summed E-state index contributed by atoms with van der Waals surface area (Å²) >= 11 is 0. The van der Waals surface area contributed by atoms with Crippen molar-refractivity contribution >= 4 is 0 Å². The predicted octanol–water partition coefficient (Wildman–Crippen LogP) is 5.07. The fraction of sp³-hybridized carbons (Fsp3) is 0.556. The predicted molar refractivity (Wildman–Crippen MR) is 80.4 cm³/mol. The monoisotopic (exact) mass is 242 g/mol. The van der Waals surface area contributed by atoms with Crippen LogP contribution in [0.3, 0.4) is 0 Å². The van der Waals surface area contributed by atoms with E-state index in [1.54, 1.807) is 11.1 Å². The Morgan fingerprint density at radius 2 is 1.56 bits per heavy atom. The minimum atomic E-state index is 0.314. The second-order valence-electron chi connectivity index (χ2n) is 7.08. The van der Waals surface area contributed by atoms with Crippen molar-refractivity contribution < 1.29 is 0 Å². The number of rotatable bonds is 2. The summed E-state index contributed by atoms with van der Waals surface area (Å²) < 4.78 is 0. The zero-order valence-corrected chi connectivity index (χ0v) is 12.6. The van der Waals surface area contributed by atoms with Gasteiger partial charge in [-0.25, -0.2) is 0 Å². The zero-order valence-electron chi connectivity index (χ0n) is 12.6. The molecular formula is C18H26. The molecule has 0 saturated heterocycles. The van der Waals surface area contributed by atoms with Crippen LogP contribution in [-0.4, -0.2) is 0 Å². The van der Waals surface area contributed by atoms with Gasteiger partial charge in [0.15, 0.2) is 0 Å². The first-order chi connectivity index (χ1) is 8.28. The van der Waals surface area contributed by atoms with Crippen LogP contribution in [0.5, 0.6) is 0 Å². The molecule has 0 N–H and O–H groups in total. The van der Waals surface area contributed by atoms with E-state index in [9.17, 15) is 0 Å². The molecule has 1 aromatic rings. The molecule has 0 heteroatoms. The molecule has 18 heavy (non-hydrogen) atoms. The van der Waals surface area contributed by atoms with Crippen molar-refractivity contribution in [3.63, 3.8) is 0 Å². The van der Waals surface area contributed by atoms with Crippen LogP contribution in [-0.2, 0) is 17.3 Å². The molecule has 0 atom stereocenters. The van der Waals surface area contributed by atoms with E-state index in [0.29, 0.717) is 10.8 Å². The third kappa shape index (κ3) is 2.13. The normalized spacial score (nSPS) is 20.3. The summed E-state index contributed by atoms with van der Waals surface area (Å²) in [5, 5.41) is 0. The molecule has 0 heterocycles. The molecule has 0 aromatic heterocycles. The van der Waals surface area contributed by atoms with Crippen molar-refractivity contribution in [3.05, 3.63) is 47.0 Å². The molecule has 0 fully saturated rings. The lowest BCUT2D eigenvalue weighted by atomic mass is 9.62. The maximum absolute atomic E-state index is 3.87. The van der Waals surface area contributed by atoms with Crippen LogP contribution in [0.25, 0.3) is 0 Å². The lowest BCUT2D eigenvalue weighted by Crippen LogP contribution is -2.34. The molecule has 98 valence electrons. The maximum Gasteiger partial charge on any atom is -0.00974 e. The highest BCUT2D eigenvalue weighted by Crippen LogP contribution is 2.46. The fourth-order valence-corrected chi connectivity index (χ4v) is 3.14. The first-order valence-electron chi connectivity index (χ1n) is 7.03. The molecule has 0 amide bonds. The smallest absolute Gasteiger partial charge is 0.00974 e. The Hall–Kier alpha value is -1.04. The van der Waals surface area contributed by atoms with E-state index in [4.69, 9.17) is 0 Å². The molecule has 1 aliphatic rings. The van der Waals surface area contributed by atoms with Crippen molar-refractivity contribution in [2.75, 3.05) is 0 Å². The fourth-order valence-electron chi connectivity index (χ4n) is 3.14. The largest absolute Gasteiger partial charge is 0.103 e. The van der Waals surface area contributed by atoms with Gasteiger partial charge < -0.3 is 0 Å². The SMILES string of the molecule is C=CCc1cc2c(cc1C)C(C)(C)CCC2(C)C. The molecule has 1 aliphatic carbocycles. The third-order valence-electron chi connectivity index (χ3n) is 4.67. The van der Waals surface area contributed by atoms with E-state index in [-0.39, 0.29) is 0 Å². The standard InChI is InChI=1S/C18H26/c1-7-8-14-12-16-15(11-13(14)2)17(3,4)9-10-18(16,5)6/h7,11-12H,1,8-10H2,2-6H3. The van der Waals surface area contributed by atoms with E-state index in [2.05, 4.69) is 53.3 Å². The van der Waals surface area contributed by atoms with E-state index in [1.165, 1.54) is 24.0 Å². The first-order valence-corrected chi connectivity index (χ1v) is 7.03. The van der Waals surface area contributed by atoms with Crippen molar-refractivity contribution in [2.24, 2.45) is 0 Å². The molecule has 0 nitrogen and oxygen atoms in total. The van der Waals surface area contributed by atoms with Gasteiger partial charge in [0, 0.05) is 0 Å². The highest BCUT2D eigenvalue weighted by atomic mass is 14.4. The zero-order chi connectivity index (χ0) is 13.6. The molecule has 2 rings (SSSR count). The average Bonchev–Trinajstić information content (AvgIpc) is 2.27. The first kappa shape index (κ1) is 13.4. The quantitative estimate of drug-likeness (QED) is 0.635. The highest BCUT2D eigenvalue weighted by Gasteiger charge is 2.37. The minimum Gasteiger partial charge on any atom is -0.103 e. The van der Waals surface area contributed by atoms with Gasteiger partial charge in [-0.3, -0.25) is 0 Å². The van der Waals surface area contributed by atoms with E-state index in [0.717, 1.165) is 6.42 Å². The minimum absolute atomic E-state index is 0.314. The molecule has 0 spiro atoms. The van der Waals surface area contributed by atoms with Gasteiger partial charge in [0.1, 0.15) is 0 Å². The van der Waals surface area contributed by atoms with E-state index < -0.39 is 0 Å². The Kier molecular flexibility index (Phi) is 3.17. The van der Waals surface area contributed by atoms with Crippen molar-refractivity contribution in [1.29, 1.82) is 0 Å². The number of fused-ring (bicyclic) bond motifs is 1. The lowest BCUT2D eigenvalue weighted by Gasteiger charge is -2.42. The Bertz CT molecular complexity index is 475. The van der Waals surface area contributed by atoms with Crippen molar-refractivity contribution in [3.8, 4) is 0 Å². The Balaban J connectivity index is 2.64. The topological polar surface area (TPSA) is 0 Å². The van der Waals surface area contributed by atoms with E-state index >= 15 is 0 Å². The Morgan fingerprint density at radius 1 is 1.06 bits per heavy atom. The van der Waals surface area contributed by atoms with Gasteiger partial charge in [0.2, 0.25) is 0 Å². The molecule has 0 bridgehead atoms. The average molecular weight is 242 g/mol. The van der Waals surface area contributed by atoms with Crippen LogP contribution in [0.2, 0.25) is 0 Å². The maximum atomic E-state index is 3.87. The van der Waals surface area contributed by atoms with Crippen LogP contribution < -0.4 is 0 Å². The van der Waals surface area contributed by atoms with Crippen molar-refractivity contribution in [2.45, 2.75) is 64.7 Å². The number of aryl methyl sites for hydroxylation is 1. The van der Waals surface area contributed by atoms with E-state index in [1.807, 2.05) is 6.08 Å². The third-order valence-corrected chi connectivity index (χ3v) is 4.67. The number of benzene rings is 1. The van der Waals surface area contributed by atoms with Crippen LogP contribution >= 0.6 is 0 Å². The van der Waals surface area contributed by atoms with Gasteiger partial charge in [-0.1, -0.05) is 45.9 Å². The summed E-state index contributed by atoms with van der Waals surface area (Å²) in [6.07, 6.45) is 5.56. The summed E-state index contributed by atoms with van der Waals surface area (Å²) in [5.41, 5.74) is 6.61. The summed E-state index contributed by atoms with van der Waals surface area (Å²) in [6.45, 7) is 15.6. The van der Waals surface area contributed by atoms with Gasteiger partial charge in [-0.2, -0.15) is 0 Å². The molecule has 0 radical (unpaired) electrons. The number of hydrogen-bond donors (Lipinski definition) is 0. The molecule has 1 aromatic carbocycles. The summed E-state index contributed by atoms with van der Waals surface area (Å²) in [6, 6.07) is 4.86. The second kappa shape index (κ2) is 4.26. The van der Waals surface area contributed by atoms with Gasteiger partial charge in [-0.05, 0) is 59.3 Å². The summed E-state index contributed by atoms with van der Waals surface area (Å²) in [4.78, 5) is 0. The van der Waals surface area contributed by atoms with Gasteiger partial charge in [-0.15, -0.1) is 6.58 Å². The summed E-state index contributed by atoms with van der Waals surface area (Å²) in [7, 11) is 0.